The Labute approximate surface area is 159 Å². The van der Waals surface area contributed by atoms with E-state index in [1.807, 2.05) is 35.4 Å². The molecule has 1 amide bonds. The smallest absolute Gasteiger partial charge is 0.368 e. The highest BCUT2D eigenvalue weighted by Crippen LogP contribution is 2.31. The lowest BCUT2D eigenvalue weighted by molar-refractivity contribution is -0.137. The van der Waals surface area contributed by atoms with Gasteiger partial charge in [0.2, 0.25) is 5.91 Å². The molecule has 0 spiro atoms. The van der Waals surface area contributed by atoms with E-state index in [0.29, 0.717) is 25.2 Å². The van der Waals surface area contributed by atoms with Gasteiger partial charge in [0.1, 0.15) is 0 Å². The number of amides is 1. The Morgan fingerprint density at radius 3 is 2.93 bits per heavy atom. The molecule has 1 aromatic carbocycles. The average molecular weight is 388 g/mol. The number of carbonyl (C=O) groups is 1. The zero-order chi connectivity index (χ0) is 19.7. The lowest BCUT2D eigenvalue weighted by atomic mass is 10.1. The molecule has 3 aromatic rings. The van der Waals surface area contributed by atoms with Crippen LogP contribution in [0.3, 0.4) is 0 Å². The predicted molar refractivity (Wildman–Crippen MR) is 100 cm³/mol. The van der Waals surface area contributed by atoms with Crippen molar-refractivity contribution >= 4 is 22.5 Å². The van der Waals surface area contributed by atoms with Crippen LogP contribution in [0.1, 0.15) is 17.5 Å². The standard InChI is InChI=1S/C20H19F3N4O/c21-20(22,23)14-8-16(11-24-10-14)27-6-5-15(12-27)26-19(28)7-13-9-25-18-4-2-1-3-17(13)18/h1-4,8-11,15,25H,5-7,12H2,(H,26,28). The summed E-state index contributed by atoms with van der Waals surface area (Å²) < 4.78 is 38.6. The van der Waals surface area contributed by atoms with Crippen molar-refractivity contribution in [3.05, 3.63) is 60.0 Å². The summed E-state index contributed by atoms with van der Waals surface area (Å²) in [5.41, 5.74) is 1.56. The van der Waals surface area contributed by atoms with Gasteiger partial charge in [-0.15, -0.1) is 0 Å². The number of anilines is 1. The van der Waals surface area contributed by atoms with E-state index in [-0.39, 0.29) is 18.4 Å². The van der Waals surface area contributed by atoms with Crippen molar-refractivity contribution in [1.29, 1.82) is 0 Å². The van der Waals surface area contributed by atoms with Crippen LogP contribution in [0.25, 0.3) is 10.9 Å². The van der Waals surface area contributed by atoms with Crippen LogP contribution in [-0.4, -0.2) is 35.0 Å². The summed E-state index contributed by atoms with van der Waals surface area (Å²) in [6.45, 7) is 1.03. The zero-order valence-electron chi connectivity index (χ0n) is 15.0. The Kier molecular flexibility index (Phi) is 4.70. The first-order valence-electron chi connectivity index (χ1n) is 9.02. The minimum Gasteiger partial charge on any atom is -0.368 e. The number of H-pyrrole nitrogens is 1. The lowest BCUT2D eigenvalue weighted by Crippen LogP contribution is -2.38. The fraction of sp³-hybridized carbons (Fsp3) is 0.300. The van der Waals surface area contributed by atoms with E-state index in [1.54, 1.807) is 0 Å². The summed E-state index contributed by atoms with van der Waals surface area (Å²) in [6, 6.07) is 8.77. The molecule has 0 radical (unpaired) electrons. The Hall–Kier alpha value is -3.03. The van der Waals surface area contributed by atoms with Gasteiger partial charge in [-0.2, -0.15) is 13.2 Å². The molecule has 28 heavy (non-hydrogen) atoms. The molecule has 5 nitrogen and oxygen atoms in total. The van der Waals surface area contributed by atoms with Crippen molar-refractivity contribution in [3.63, 3.8) is 0 Å². The van der Waals surface area contributed by atoms with Crippen LogP contribution in [0.4, 0.5) is 18.9 Å². The van der Waals surface area contributed by atoms with Crippen LogP contribution >= 0.6 is 0 Å². The maximum Gasteiger partial charge on any atom is 0.417 e. The SMILES string of the molecule is O=C(Cc1c[nH]c2ccccc12)NC1CCN(c2cncc(C(F)(F)F)c2)C1. The van der Waals surface area contributed by atoms with Gasteiger partial charge in [0, 0.05) is 42.4 Å². The number of nitrogens with one attached hydrogen (secondary N) is 2. The molecule has 0 bridgehead atoms. The van der Waals surface area contributed by atoms with Crippen molar-refractivity contribution in [2.75, 3.05) is 18.0 Å². The van der Waals surface area contributed by atoms with E-state index in [1.165, 1.54) is 6.20 Å². The van der Waals surface area contributed by atoms with Crippen LogP contribution in [-0.2, 0) is 17.4 Å². The monoisotopic (exact) mass is 388 g/mol. The van der Waals surface area contributed by atoms with Crippen molar-refractivity contribution in [3.8, 4) is 0 Å². The van der Waals surface area contributed by atoms with Crippen molar-refractivity contribution in [2.45, 2.75) is 25.1 Å². The van der Waals surface area contributed by atoms with E-state index in [2.05, 4.69) is 15.3 Å². The normalized spacial score (nSPS) is 17.2. The molecule has 0 aliphatic carbocycles. The van der Waals surface area contributed by atoms with Gasteiger partial charge in [-0.05, 0) is 24.1 Å². The number of pyridine rings is 1. The van der Waals surface area contributed by atoms with Gasteiger partial charge in [-0.1, -0.05) is 18.2 Å². The second kappa shape index (κ2) is 7.18. The third-order valence-corrected chi connectivity index (χ3v) is 5.00. The molecule has 0 saturated carbocycles. The fourth-order valence-corrected chi connectivity index (χ4v) is 3.60. The van der Waals surface area contributed by atoms with Crippen LogP contribution in [0, 0.1) is 0 Å². The quantitative estimate of drug-likeness (QED) is 0.719. The topological polar surface area (TPSA) is 61.0 Å². The number of hydrogen-bond acceptors (Lipinski definition) is 3. The maximum atomic E-state index is 12.9. The molecule has 1 aliphatic rings. The molecule has 1 unspecified atom stereocenters. The minimum atomic E-state index is -4.42. The molecular formula is C20H19F3N4O. The van der Waals surface area contributed by atoms with Gasteiger partial charge >= 0.3 is 6.18 Å². The maximum absolute atomic E-state index is 12.9. The second-order valence-electron chi connectivity index (χ2n) is 6.96. The highest BCUT2D eigenvalue weighted by Gasteiger charge is 2.32. The molecule has 2 N–H and O–H groups in total. The molecular weight excluding hydrogens is 369 g/mol. The van der Waals surface area contributed by atoms with E-state index < -0.39 is 11.7 Å². The molecule has 1 saturated heterocycles. The summed E-state index contributed by atoms with van der Waals surface area (Å²) in [5.74, 6) is -0.0984. The van der Waals surface area contributed by atoms with Crippen LogP contribution < -0.4 is 10.2 Å². The van der Waals surface area contributed by atoms with Gasteiger partial charge in [0.15, 0.2) is 0 Å². The molecule has 1 fully saturated rings. The first-order valence-corrected chi connectivity index (χ1v) is 9.02. The van der Waals surface area contributed by atoms with Crippen LogP contribution in [0.2, 0.25) is 0 Å². The van der Waals surface area contributed by atoms with Gasteiger partial charge in [0.05, 0.1) is 23.9 Å². The molecule has 2 aromatic heterocycles. The van der Waals surface area contributed by atoms with E-state index in [9.17, 15) is 18.0 Å². The molecule has 1 aliphatic heterocycles. The number of nitrogens with zero attached hydrogens (tertiary/aromatic N) is 2. The number of alkyl halides is 3. The number of para-hydroxylation sites is 1. The molecule has 8 heteroatoms. The Balaban J connectivity index is 1.38. The third kappa shape index (κ3) is 3.81. The van der Waals surface area contributed by atoms with E-state index >= 15 is 0 Å². The lowest BCUT2D eigenvalue weighted by Gasteiger charge is -2.20. The summed E-state index contributed by atoms with van der Waals surface area (Å²) >= 11 is 0. The average Bonchev–Trinajstić information content (AvgIpc) is 3.29. The number of rotatable bonds is 4. The van der Waals surface area contributed by atoms with E-state index in [4.69, 9.17) is 0 Å². The van der Waals surface area contributed by atoms with Crippen molar-refractivity contribution in [2.24, 2.45) is 0 Å². The summed E-state index contributed by atoms with van der Waals surface area (Å²) in [6.07, 6.45) is 0.585. The first kappa shape index (κ1) is 18.3. The number of fused-ring (bicyclic) bond motifs is 1. The zero-order valence-corrected chi connectivity index (χ0v) is 15.0. The Bertz CT molecular complexity index is 998. The first-order chi connectivity index (χ1) is 13.4. The van der Waals surface area contributed by atoms with Crippen LogP contribution in [0.5, 0.6) is 0 Å². The van der Waals surface area contributed by atoms with Crippen molar-refractivity contribution in [1.82, 2.24) is 15.3 Å². The summed E-state index contributed by atoms with van der Waals surface area (Å²) in [5, 5.41) is 4.00. The molecule has 1 atom stereocenters. The Morgan fingerprint density at radius 2 is 2.11 bits per heavy atom. The number of aromatic nitrogens is 2. The fourth-order valence-electron chi connectivity index (χ4n) is 3.60. The Morgan fingerprint density at radius 1 is 1.29 bits per heavy atom. The summed E-state index contributed by atoms with van der Waals surface area (Å²) in [4.78, 5) is 21.1. The predicted octanol–water partition coefficient (Wildman–Crippen LogP) is 3.52. The van der Waals surface area contributed by atoms with E-state index in [0.717, 1.165) is 28.7 Å². The second-order valence-corrected chi connectivity index (χ2v) is 6.96. The molecule has 4 rings (SSSR count). The number of benzene rings is 1. The largest absolute Gasteiger partial charge is 0.417 e. The number of halogens is 3. The highest BCUT2D eigenvalue weighted by atomic mass is 19.4. The third-order valence-electron chi connectivity index (χ3n) is 5.00. The minimum absolute atomic E-state index is 0.0984. The number of hydrogen-bond donors (Lipinski definition) is 2. The van der Waals surface area contributed by atoms with Crippen molar-refractivity contribution < 1.29 is 18.0 Å². The molecule has 146 valence electrons. The highest BCUT2D eigenvalue weighted by molar-refractivity contribution is 5.89. The van der Waals surface area contributed by atoms with Gasteiger partial charge in [-0.3, -0.25) is 9.78 Å². The van der Waals surface area contributed by atoms with Gasteiger partial charge in [0.25, 0.3) is 0 Å². The van der Waals surface area contributed by atoms with Gasteiger partial charge in [-0.25, -0.2) is 0 Å². The van der Waals surface area contributed by atoms with Gasteiger partial charge < -0.3 is 15.2 Å². The summed E-state index contributed by atoms with van der Waals surface area (Å²) in [7, 11) is 0. The molecule has 3 heterocycles. The number of carbonyl (C=O) groups excluding carboxylic acids is 1. The number of aromatic amines is 1. The van der Waals surface area contributed by atoms with Crippen LogP contribution in [0.15, 0.2) is 48.9 Å².